The summed E-state index contributed by atoms with van der Waals surface area (Å²) in [6.45, 7) is 3.90. The first kappa shape index (κ1) is 15.0. The highest BCUT2D eigenvalue weighted by atomic mass is 16.5. The lowest BCUT2D eigenvalue weighted by Gasteiger charge is -2.41. The predicted octanol–water partition coefficient (Wildman–Crippen LogP) is 0.709. The van der Waals surface area contributed by atoms with Crippen LogP contribution in [0.25, 0.3) is 0 Å². The van der Waals surface area contributed by atoms with Crippen molar-refractivity contribution < 1.29 is 14.3 Å². The lowest BCUT2D eigenvalue weighted by molar-refractivity contribution is -0.134. The Labute approximate surface area is 130 Å². The summed E-state index contributed by atoms with van der Waals surface area (Å²) in [4.78, 5) is 32.3. The molecule has 0 saturated carbocycles. The number of piperidine rings is 1. The van der Waals surface area contributed by atoms with E-state index in [4.69, 9.17) is 4.74 Å². The van der Waals surface area contributed by atoms with E-state index in [1.807, 2.05) is 17.9 Å². The molecular formula is C16H21N3O3. The number of aryl methyl sites for hydroxylation is 1. The highest BCUT2D eigenvalue weighted by Crippen LogP contribution is 2.25. The predicted molar refractivity (Wildman–Crippen MR) is 80.4 cm³/mol. The van der Waals surface area contributed by atoms with Crippen LogP contribution in [0.15, 0.2) is 18.5 Å². The van der Waals surface area contributed by atoms with Gasteiger partial charge in [0, 0.05) is 38.4 Å². The molecule has 1 aromatic rings. The first-order valence-corrected chi connectivity index (χ1v) is 7.60. The lowest BCUT2D eigenvalue weighted by atomic mass is 9.91. The number of fused-ring (bicyclic) bond motifs is 1. The van der Waals surface area contributed by atoms with E-state index in [1.165, 1.54) is 0 Å². The Morgan fingerprint density at radius 1 is 1.41 bits per heavy atom. The van der Waals surface area contributed by atoms with Crippen molar-refractivity contribution in [1.82, 2.24) is 14.8 Å². The molecule has 0 radical (unpaired) electrons. The Morgan fingerprint density at radius 3 is 3.00 bits per heavy atom. The molecule has 2 amide bonds. The highest BCUT2D eigenvalue weighted by Gasteiger charge is 2.37. The van der Waals surface area contributed by atoms with Gasteiger partial charge in [-0.25, -0.2) is 0 Å². The smallest absolute Gasteiger partial charge is 0.255 e. The number of nitrogens with zero attached hydrogens (tertiary/aromatic N) is 3. The summed E-state index contributed by atoms with van der Waals surface area (Å²) in [6, 6.07) is 1.89. The Kier molecular flexibility index (Phi) is 4.11. The van der Waals surface area contributed by atoms with Crippen LogP contribution in [0.3, 0.4) is 0 Å². The van der Waals surface area contributed by atoms with Gasteiger partial charge in [-0.05, 0) is 25.0 Å². The van der Waals surface area contributed by atoms with E-state index in [9.17, 15) is 9.59 Å². The average Bonchev–Trinajstić information content (AvgIpc) is 2.66. The number of aromatic nitrogens is 1. The zero-order valence-corrected chi connectivity index (χ0v) is 13.0. The standard InChI is InChI=1S/C16H21N3O3/c1-11-5-13(7-17-6-11)16(21)19-4-3-12-9-22-10-15(20)18(2)14(12)8-19/h5-7,12,14H,3-4,8-10H2,1-2H3/t12-,14-/m0/s1. The first-order valence-electron chi connectivity index (χ1n) is 7.60. The third kappa shape index (κ3) is 2.83. The van der Waals surface area contributed by atoms with Crippen molar-refractivity contribution in [3.8, 4) is 0 Å². The molecule has 0 unspecified atom stereocenters. The van der Waals surface area contributed by atoms with Crippen molar-refractivity contribution in [2.24, 2.45) is 5.92 Å². The van der Waals surface area contributed by atoms with Gasteiger partial charge in [-0.3, -0.25) is 14.6 Å². The topological polar surface area (TPSA) is 62.7 Å². The minimum absolute atomic E-state index is 0.0133. The molecule has 0 aromatic carbocycles. The van der Waals surface area contributed by atoms with E-state index in [2.05, 4.69) is 4.98 Å². The number of rotatable bonds is 1. The maximum absolute atomic E-state index is 12.7. The second-order valence-corrected chi connectivity index (χ2v) is 6.14. The zero-order chi connectivity index (χ0) is 15.7. The minimum Gasteiger partial charge on any atom is -0.371 e. The second kappa shape index (κ2) is 6.04. The van der Waals surface area contributed by atoms with Crippen LogP contribution < -0.4 is 0 Å². The summed E-state index contributed by atoms with van der Waals surface area (Å²) in [5, 5.41) is 0. The summed E-state index contributed by atoms with van der Waals surface area (Å²) in [5.74, 6) is 0.274. The Bertz CT molecular complexity index is 590. The lowest BCUT2D eigenvalue weighted by Crippen LogP contribution is -2.54. The number of likely N-dealkylation sites (tertiary alicyclic amines) is 1. The van der Waals surface area contributed by atoms with E-state index in [0.29, 0.717) is 31.2 Å². The molecule has 2 aliphatic heterocycles. The van der Waals surface area contributed by atoms with Crippen LogP contribution in [0.1, 0.15) is 22.3 Å². The van der Waals surface area contributed by atoms with Gasteiger partial charge in [-0.2, -0.15) is 0 Å². The van der Waals surface area contributed by atoms with Gasteiger partial charge < -0.3 is 14.5 Å². The van der Waals surface area contributed by atoms with Crippen LogP contribution >= 0.6 is 0 Å². The molecule has 6 heteroatoms. The van der Waals surface area contributed by atoms with E-state index >= 15 is 0 Å². The van der Waals surface area contributed by atoms with Crippen LogP contribution in [0.4, 0.5) is 0 Å². The number of likely N-dealkylation sites (N-methyl/N-ethyl adjacent to an activating group) is 1. The molecule has 118 valence electrons. The van der Waals surface area contributed by atoms with Gasteiger partial charge in [0.05, 0.1) is 18.2 Å². The second-order valence-electron chi connectivity index (χ2n) is 6.14. The molecular weight excluding hydrogens is 282 g/mol. The fraction of sp³-hybridized carbons (Fsp3) is 0.562. The molecule has 2 fully saturated rings. The highest BCUT2D eigenvalue weighted by molar-refractivity contribution is 5.94. The number of amides is 2. The quantitative estimate of drug-likeness (QED) is 0.766. The van der Waals surface area contributed by atoms with Crippen molar-refractivity contribution >= 4 is 11.8 Å². The van der Waals surface area contributed by atoms with Crippen LogP contribution in [0.5, 0.6) is 0 Å². The molecule has 0 bridgehead atoms. The van der Waals surface area contributed by atoms with Gasteiger partial charge >= 0.3 is 0 Å². The van der Waals surface area contributed by atoms with Gasteiger partial charge in [0.2, 0.25) is 5.91 Å². The van der Waals surface area contributed by atoms with Crippen molar-refractivity contribution in [2.75, 3.05) is 33.4 Å². The van der Waals surface area contributed by atoms with Gasteiger partial charge in [-0.1, -0.05) is 0 Å². The van der Waals surface area contributed by atoms with E-state index in [0.717, 1.165) is 12.0 Å². The van der Waals surface area contributed by atoms with E-state index in [1.54, 1.807) is 24.3 Å². The summed E-state index contributed by atoms with van der Waals surface area (Å²) in [5.41, 5.74) is 1.58. The molecule has 0 spiro atoms. The summed E-state index contributed by atoms with van der Waals surface area (Å²) in [6.07, 6.45) is 4.19. The Morgan fingerprint density at radius 2 is 2.23 bits per heavy atom. The molecule has 3 rings (SSSR count). The van der Waals surface area contributed by atoms with Crippen molar-refractivity contribution in [3.63, 3.8) is 0 Å². The molecule has 2 atom stereocenters. The third-order valence-electron chi connectivity index (χ3n) is 4.58. The fourth-order valence-electron chi connectivity index (χ4n) is 3.24. The molecule has 0 aliphatic carbocycles. The molecule has 1 aromatic heterocycles. The largest absolute Gasteiger partial charge is 0.371 e. The van der Waals surface area contributed by atoms with Crippen LogP contribution in [-0.2, 0) is 9.53 Å². The first-order chi connectivity index (χ1) is 10.6. The third-order valence-corrected chi connectivity index (χ3v) is 4.58. The maximum Gasteiger partial charge on any atom is 0.255 e. The van der Waals surface area contributed by atoms with Gasteiger partial charge in [0.25, 0.3) is 5.91 Å². The maximum atomic E-state index is 12.7. The molecule has 6 nitrogen and oxygen atoms in total. The summed E-state index contributed by atoms with van der Waals surface area (Å²) in [7, 11) is 1.80. The molecule has 3 heterocycles. The number of carbonyl (C=O) groups excluding carboxylic acids is 2. The average molecular weight is 303 g/mol. The Hall–Kier alpha value is -1.95. The molecule has 22 heavy (non-hydrogen) atoms. The van der Waals surface area contributed by atoms with Crippen molar-refractivity contribution in [2.45, 2.75) is 19.4 Å². The Balaban J connectivity index is 1.77. The SMILES string of the molecule is Cc1cncc(C(=O)N2CC[C@H]3COCC(=O)N(C)[C@H]3C2)c1. The number of ether oxygens (including phenoxy) is 1. The van der Waals surface area contributed by atoms with Gasteiger partial charge in [-0.15, -0.1) is 0 Å². The monoisotopic (exact) mass is 303 g/mol. The van der Waals surface area contributed by atoms with Crippen LogP contribution in [-0.4, -0.2) is 66.0 Å². The number of pyridine rings is 1. The van der Waals surface area contributed by atoms with Crippen LogP contribution in [0, 0.1) is 12.8 Å². The molecule has 2 aliphatic rings. The summed E-state index contributed by atoms with van der Waals surface area (Å²) >= 11 is 0. The van der Waals surface area contributed by atoms with Gasteiger partial charge in [0.15, 0.2) is 0 Å². The zero-order valence-electron chi connectivity index (χ0n) is 13.0. The van der Waals surface area contributed by atoms with Crippen LogP contribution in [0.2, 0.25) is 0 Å². The van der Waals surface area contributed by atoms with E-state index < -0.39 is 0 Å². The molecule has 2 saturated heterocycles. The van der Waals surface area contributed by atoms with Crippen molar-refractivity contribution in [3.05, 3.63) is 29.6 Å². The number of carbonyl (C=O) groups is 2. The van der Waals surface area contributed by atoms with Gasteiger partial charge in [0.1, 0.15) is 6.61 Å². The number of hydrogen-bond acceptors (Lipinski definition) is 4. The van der Waals surface area contributed by atoms with Crippen molar-refractivity contribution in [1.29, 1.82) is 0 Å². The normalized spacial score (nSPS) is 25.6. The summed E-state index contributed by atoms with van der Waals surface area (Å²) < 4.78 is 5.44. The molecule has 0 N–H and O–H groups in total. The van der Waals surface area contributed by atoms with E-state index in [-0.39, 0.29) is 24.5 Å². The fourth-order valence-corrected chi connectivity index (χ4v) is 3.24. The minimum atomic E-state index is -0.0148. The number of hydrogen-bond donors (Lipinski definition) is 0.